The number of carboxylic acid groups (broad SMARTS) is 1. The summed E-state index contributed by atoms with van der Waals surface area (Å²) < 4.78 is 0.893. The molecule has 0 bridgehead atoms. The Bertz CT molecular complexity index is 712. The zero-order chi connectivity index (χ0) is 15.0. The van der Waals surface area contributed by atoms with E-state index in [1.54, 1.807) is 42.5 Å². The van der Waals surface area contributed by atoms with Crippen LogP contribution in [0.1, 0.15) is 21.8 Å². The maximum atomic E-state index is 12.6. The van der Waals surface area contributed by atoms with Crippen LogP contribution < -0.4 is 4.90 Å². The third-order valence-electron chi connectivity index (χ3n) is 3.60. The maximum absolute atomic E-state index is 12.6. The molecule has 1 amide bonds. The van der Waals surface area contributed by atoms with Gasteiger partial charge in [-0.2, -0.15) is 0 Å². The molecule has 2 aromatic rings. The van der Waals surface area contributed by atoms with Crippen molar-refractivity contribution >= 4 is 33.5 Å². The number of hydrogen-bond acceptors (Lipinski definition) is 2. The molecule has 3 rings (SSSR count). The first-order valence-corrected chi connectivity index (χ1v) is 7.26. The number of halogens is 1. The average Bonchev–Trinajstić information content (AvgIpc) is 2.87. The quantitative estimate of drug-likeness (QED) is 0.908. The van der Waals surface area contributed by atoms with Crippen molar-refractivity contribution < 1.29 is 14.7 Å². The lowest BCUT2D eigenvalue weighted by Crippen LogP contribution is -2.31. The van der Waals surface area contributed by atoms with Gasteiger partial charge in [-0.1, -0.05) is 34.1 Å². The highest BCUT2D eigenvalue weighted by molar-refractivity contribution is 9.10. The molecule has 1 N–H and O–H groups in total. The second-order valence-electron chi connectivity index (χ2n) is 4.87. The van der Waals surface area contributed by atoms with Gasteiger partial charge in [0.05, 0.1) is 0 Å². The molecule has 5 heteroatoms. The van der Waals surface area contributed by atoms with Gasteiger partial charge in [0.2, 0.25) is 0 Å². The Morgan fingerprint density at radius 1 is 1.10 bits per heavy atom. The maximum Gasteiger partial charge on any atom is 0.312 e. The Labute approximate surface area is 130 Å². The first-order chi connectivity index (χ1) is 10.1. The second-order valence-corrected chi connectivity index (χ2v) is 5.79. The minimum absolute atomic E-state index is 0.170. The van der Waals surface area contributed by atoms with Crippen molar-refractivity contribution in [2.75, 3.05) is 11.4 Å². The smallest absolute Gasteiger partial charge is 0.312 e. The summed E-state index contributed by atoms with van der Waals surface area (Å²) in [4.78, 5) is 25.5. The van der Waals surface area contributed by atoms with E-state index in [1.165, 1.54) is 4.90 Å². The zero-order valence-corrected chi connectivity index (χ0v) is 12.6. The summed E-state index contributed by atoms with van der Waals surface area (Å²) in [7, 11) is 0. The lowest BCUT2D eigenvalue weighted by atomic mass is 10.0. The Balaban J connectivity index is 1.98. The van der Waals surface area contributed by atoms with Gasteiger partial charge in [0.1, 0.15) is 5.92 Å². The molecular formula is C16H12BrNO3. The van der Waals surface area contributed by atoms with E-state index in [-0.39, 0.29) is 12.5 Å². The molecule has 2 aromatic carbocycles. The lowest BCUT2D eigenvalue weighted by molar-refractivity contribution is -0.138. The molecule has 0 aromatic heterocycles. The molecule has 0 aliphatic carbocycles. The molecule has 4 nitrogen and oxygen atoms in total. The summed E-state index contributed by atoms with van der Waals surface area (Å²) in [5.41, 5.74) is 1.91. The number of hydrogen-bond donors (Lipinski definition) is 1. The molecule has 0 saturated carbocycles. The monoisotopic (exact) mass is 345 g/mol. The highest BCUT2D eigenvalue weighted by atomic mass is 79.9. The van der Waals surface area contributed by atoms with Crippen LogP contribution in [0.15, 0.2) is 53.0 Å². The van der Waals surface area contributed by atoms with Crippen molar-refractivity contribution in [3.8, 4) is 0 Å². The van der Waals surface area contributed by atoms with E-state index in [0.29, 0.717) is 16.8 Å². The molecule has 21 heavy (non-hydrogen) atoms. The van der Waals surface area contributed by atoms with Crippen LogP contribution in [0.4, 0.5) is 5.69 Å². The van der Waals surface area contributed by atoms with Crippen LogP contribution >= 0.6 is 15.9 Å². The molecule has 0 fully saturated rings. The van der Waals surface area contributed by atoms with Gasteiger partial charge in [0.15, 0.2) is 0 Å². The first-order valence-electron chi connectivity index (χ1n) is 6.47. The third kappa shape index (κ3) is 2.45. The second kappa shape index (κ2) is 5.33. The van der Waals surface area contributed by atoms with Crippen LogP contribution in [0.25, 0.3) is 0 Å². The molecule has 1 unspecified atom stereocenters. The number of amides is 1. The number of carboxylic acids is 1. The van der Waals surface area contributed by atoms with Gasteiger partial charge in [-0.05, 0) is 35.9 Å². The number of carbonyl (C=O) groups is 2. The number of anilines is 1. The number of para-hydroxylation sites is 1. The number of benzene rings is 2. The van der Waals surface area contributed by atoms with Crippen LogP contribution in [0.2, 0.25) is 0 Å². The van der Waals surface area contributed by atoms with Crippen LogP contribution in [0, 0.1) is 0 Å². The summed E-state index contributed by atoms with van der Waals surface area (Å²) in [5.74, 6) is -1.76. The minimum Gasteiger partial charge on any atom is -0.481 e. The molecule has 1 aliphatic rings. The SMILES string of the molecule is O=C(O)C1CN(C(=O)c2ccc(Br)cc2)c2ccccc21. The number of rotatable bonds is 2. The first kappa shape index (κ1) is 13.8. The van der Waals surface area contributed by atoms with Gasteiger partial charge >= 0.3 is 5.97 Å². The van der Waals surface area contributed by atoms with E-state index in [0.717, 1.165) is 4.47 Å². The summed E-state index contributed by atoms with van der Waals surface area (Å²) >= 11 is 3.33. The fourth-order valence-electron chi connectivity index (χ4n) is 2.56. The van der Waals surface area contributed by atoms with Crippen LogP contribution in [-0.2, 0) is 4.79 Å². The largest absolute Gasteiger partial charge is 0.481 e. The third-order valence-corrected chi connectivity index (χ3v) is 4.13. The van der Waals surface area contributed by atoms with Crippen LogP contribution in [-0.4, -0.2) is 23.5 Å². The van der Waals surface area contributed by atoms with Crippen molar-refractivity contribution in [1.29, 1.82) is 0 Å². The summed E-state index contributed by atoms with van der Waals surface area (Å²) in [6.07, 6.45) is 0. The lowest BCUT2D eigenvalue weighted by Gasteiger charge is -2.17. The average molecular weight is 346 g/mol. The summed E-state index contributed by atoms with van der Waals surface area (Å²) in [6, 6.07) is 14.2. The van der Waals surface area contributed by atoms with Gasteiger partial charge < -0.3 is 10.0 Å². The van der Waals surface area contributed by atoms with E-state index < -0.39 is 11.9 Å². The van der Waals surface area contributed by atoms with E-state index in [9.17, 15) is 14.7 Å². The molecule has 0 saturated heterocycles. The van der Waals surface area contributed by atoms with Gasteiger partial charge in [0.25, 0.3) is 5.91 Å². The highest BCUT2D eigenvalue weighted by Crippen LogP contribution is 2.37. The van der Waals surface area contributed by atoms with Gasteiger partial charge in [0, 0.05) is 22.3 Å². The van der Waals surface area contributed by atoms with Gasteiger partial charge in [-0.25, -0.2) is 0 Å². The summed E-state index contributed by atoms with van der Waals surface area (Å²) in [5, 5.41) is 9.32. The molecule has 106 valence electrons. The van der Waals surface area contributed by atoms with Crippen LogP contribution in [0.3, 0.4) is 0 Å². The molecule has 1 atom stereocenters. The zero-order valence-electron chi connectivity index (χ0n) is 11.0. The van der Waals surface area contributed by atoms with E-state index in [4.69, 9.17) is 0 Å². The van der Waals surface area contributed by atoms with E-state index in [2.05, 4.69) is 15.9 Å². The minimum atomic E-state index is -0.909. The van der Waals surface area contributed by atoms with Crippen molar-refractivity contribution in [2.45, 2.75) is 5.92 Å². The van der Waals surface area contributed by atoms with Crippen molar-refractivity contribution in [2.24, 2.45) is 0 Å². The van der Waals surface area contributed by atoms with Gasteiger partial charge in [-0.15, -0.1) is 0 Å². The highest BCUT2D eigenvalue weighted by Gasteiger charge is 2.36. The molecule has 0 radical (unpaired) electrons. The van der Waals surface area contributed by atoms with E-state index >= 15 is 0 Å². The fraction of sp³-hybridized carbons (Fsp3) is 0.125. The van der Waals surface area contributed by atoms with Crippen molar-refractivity contribution in [3.05, 3.63) is 64.1 Å². The number of aliphatic carboxylic acids is 1. The Kier molecular flexibility index (Phi) is 3.51. The molecular weight excluding hydrogens is 334 g/mol. The predicted octanol–water partition coefficient (Wildman–Crippen LogP) is 3.28. The predicted molar refractivity (Wildman–Crippen MR) is 82.6 cm³/mol. The van der Waals surface area contributed by atoms with E-state index in [1.807, 2.05) is 6.07 Å². The summed E-state index contributed by atoms with van der Waals surface area (Å²) in [6.45, 7) is 0.170. The van der Waals surface area contributed by atoms with Crippen molar-refractivity contribution in [1.82, 2.24) is 0 Å². The number of fused-ring (bicyclic) bond motifs is 1. The molecule has 1 heterocycles. The fourth-order valence-corrected chi connectivity index (χ4v) is 2.82. The Morgan fingerprint density at radius 2 is 1.76 bits per heavy atom. The number of carbonyl (C=O) groups excluding carboxylic acids is 1. The Morgan fingerprint density at radius 3 is 2.43 bits per heavy atom. The molecule has 0 spiro atoms. The Hall–Kier alpha value is -2.14. The number of nitrogens with zero attached hydrogens (tertiary/aromatic N) is 1. The van der Waals surface area contributed by atoms with Crippen LogP contribution in [0.5, 0.6) is 0 Å². The van der Waals surface area contributed by atoms with Gasteiger partial charge in [-0.3, -0.25) is 9.59 Å². The topological polar surface area (TPSA) is 57.6 Å². The normalized spacial score (nSPS) is 16.6. The standard InChI is InChI=1S/C16H12BrNO3/c17-11-7-5-10(6-8-11)15(19)18-9-13(16(20)21)12-3-1-2-4-14(12)18/h1-8,13H,9H2,(H,20,21). The molecule has 1 aliphatic heterocycles. The van der Waals surface area contributed by atoms with Crippen molar-refractivity contribution in [3.63, 3.8) is 0 Å².